The molecule has 192 valence electrons. The molecular weight excluding hydrogens is 473 g/mol. The van der Waals surface area contributed by atoms with Crippen molar-refractivity contribution in [3.8, 4) is 11.1 Å². The maximum absolute atomic E-state index is 14.1. The van der Waals surface area contributed by atoms with Crippen LogP contribution in [0.3, 0.4) is 0 Å². The van der Waals surface area contributed by atoms with E-state index < -0.39 is 29.4 Å². The first-order valence-corrected chi connectivity index (χ1v) is 12.0. The average molecular weight is 503 g/mol. The zero-order valence-electron chi connectivity index (χ0n) is 20.3. The summed E-state index contributed by atoms with van der Waals surface area (Å²) in [4.78, 5) is 37.4. The van der Waals surface area contributed by atoms with Crippen LogP contribution in [-0.4, -0.2) is 26.1 Å². The van der Waals surface area contributed by atoms with Gasteiger partial charge in [-0.3, -0.25) is 9.36 Å². The number of carboxylic acids is 1. The monoisotopic (exact) mass is 502 g/mol. The number of hydrogen-bond acceptors (Lipinski definition) is 3. The average Bonchev–Trinajstić information content (AvgIpc) is 3.13. The van der Waals surface area contributed by atoms with Crippen molar-refractivity contribution in [1.82, 2.24) is 9.13 Å². The van der Waals surface area contributed by atoms with Gasteiger partial charge in [0.15, 0.2) is 5.69 Å². The van der Waals surface area contributed by atoms with Gasteiger partial charge < -0.3 is 5.11 Å². The summed E-state index contributed by atoms with van der Waals surface area (Å²) in [6.07, 6.45) is -2.94. The first-order chi connectivity index (χ1) is 17.1. The Morgan fingerprint density at radius 1 is 0.944 bits per heavy atom. The molecule has 2 aromatic carbocycles. The van der Waals surface area contributed by atoms with Gasteiger partial charge in [-0.2, -0.15) is 13.2 Å². The summed E-state index contributed by atoms with van der Waals surface area (Å²) >= 11 is 0. The van der Waals surface area contributed by atoms with Gasteiger partial charge in [-0.25, -0.2) is 14.2 Å². The lowest BCUT2D eigenvalue weighted by molar-refractivity contribution is -0.143. The summed E-state index contributed by atoms with van der Waals surface area (Å²) in [5.41, 5.74) is -0.564. The molecule has 0 spiro atoms. The number of unbranched alkanes of at least 4 members (excludes halogenated alkanes) is 2. The number of rotatable bonds is 10. The molecule has 0 radical (unpaired) electrons. The van der Waals surface area contributed by atoms with Crippen LogP contribution in [0.2, 0.25) is 0 Å². The first-order valence-electron chi connectivity index (χ1n) is 12.0. The third-order valence-corrected chi connectivity index (χ3v) is 6.04. The summed E-state index contributed by atoms with van der Waals surface area (Å²) in [5.74, 6) is -1.93. The summed E-state index contributed by atoms with van der Waals surface area (Å²) in [7, 11) is 0. The van der Waals surface area contributed by atoms with Crippen LogP contribution in [0.25, 0.3) is 11.1 Å². The van der Waals surface area contributed by atoms with Crippen molar-refractivity contribution in [1.29, 1.82) is 0 Å². The first kappa shape index (κ1) is 27.0. The van der Waals surface area contributed by atoms with Gasteiger partial charge in [0.1, 0.15) is 0 Å². The third kappa shape index (κ3) is 5.78. The fraction of sp³-hybridized carbons (Fsp3) is 0.370. The van der Waals surface area contributed by atoms with Crippen LogP contribution in [0, 0.1) is 0 Å². The van der Waals surface area contributed by atoms with E-state index in [-0.39, 0.29) is 30.6 Å². The highest BCUT2D eigenvalue weighted by Gasteiger charge is 2.42. The van der Waals surface area contributed by atoms with Crippen LogP contribution >= 0.6 is 0 Å². The molecule has 3 rings (SSSR count). The normalized spacial score (nSPS) is 11.6. The molecule has 1 aromatic heterocycles. The Bertz CT molecular complexity index is 1290. The zero-order chi connectivity index (χ0) is 26.5. The number of hydrogen-bond donors (Lipinski definition) is 1. The maximum Gasteiger partial charge on any atom is 0.433 e. The highest BCUT2D eigenvalue weighted by Crippen LogP contribution is 2.33. The number of carbonyl (C=O) groups excluding carboxylic acids is 1. The van der Waals surface area contributed by atoms with E-state index in [0.717, 1.165) is 4.57 Å². The predicted octanol–water partition coefficient (Wildman–Crippen LogP) is 6.26. The van der Waals surface area contributed by atoms with Crippen molar-refractivity contribution in [2.45, 2.75) is 65.1 Å². The summed E-state index contributed by atoms with van der Waals surface area (Å²) in [6, 6.07) is 13.1. The lowest BCUT2D eigenvalue weighted by Crippen LogP contribution is -2.32. The topological polar surface area (TPSA) is 81.3 Å². The van der Waals surface area contributed by atoms with E-state index in [1.807, 2.05) is 13.8 Å². The molecule has 0 saturated carbocycles. The van der Waals surface area contributed by atoms with Crippen LogP contribution in [-0.2, 0) is 19.1 Å². The lowest BCUT2D eigenvalue weighted by atomic mass is 9.98. The number of aromatic carboxylic acids is 1. The molecule has 0 atom stereocenters. The largest absolute Gasteiger partial charge is 0.478 e. The number of carboxylic acid groups (broad SMARTS) is 1. The fourth-order valence-electron chi connectivity index (χ4n) is 4.20. The second-order valence-corrected chi connectivity index (χ2v) is 8.65. The number of halogens is 3. The van der Waals surface area contributed by atoms with E-state index in [4.69, 9.17) is 0 Å². The highest BCUT2D eigenvalue weighted by molar-refractivity contribution is 5.96. The van der Waals surface area contributed by atoms with Crippen LogP contribution in [0.1, 0.15) is 78.1 Å². The Kier molecular flexibility index (Phi) is 8.55. The highest BCUT2D eigenvalue weighted by atomic mass is 19.4. The molecule has 0 bridgehead atoms. The molecule has 0 aliphatic carbocycles. The number of alkyl halides is 3. The van der Waals surface area contributed by atoms with Gasteiger partial charge in [-0.1, -0.05) is 69.2 Å². The molecule has 1 N–H and O–H groups in total. The van der Waals surface area contributed by atoms with E-state index in [2.05, 4.69) is 0 Å². The van der Waals surface area contributed by atoms with E-state index in [1.54, 1.807) is 42.5 Å². The van der Waals surface area contributed by atoms with E-state index in [9.17, 15) is 32.7 Å². The fourth-order valence-corrected chi connectivity index (χ4v) is 4.20. The molecule has 9 heteroatoms. The minimum absolute atomic E-state index is 0.0126. The summed E-state index contributed by atoms with van der Waals surface area (Å²) in [5, 5.41) is 9.44. The van der Waals surface area contributed by atoms with Crippen molar-refractivity contribution >= 4 is 11.9 Å². The Morgan fingerprint density at radius 3 is 2.17 bits per heavy atom. The molecule has 0 unspecified atom stereocenters. The van der Waals surface area contributed by atoms with Gasteiger partial charge in [-0.15, -0.1) is 0 Å². The Morgan fingerprint density at radius 2 is 1.58 bits per heavy atom. The van der Waals surface area contributed by atoms with Crippen molar-refractivity contribution in [2.24, 2.45) is 0 Å². The van der Waals surface area contributed by atoms with Gasteiger partial charge in [0, 0.05) is 6.42 Å². The smallest absolute Gasteiger partial charge is 0.433 e. The van der Waals surface area contributed by atoms with Gasteiger partial charge in [-0.05, 0) is 42.0 Å². The van der Waals surface area contributed by atoms with E-state index >= 15 is 0 Å². The second kappa shape index (κ2) is 11.4. The number of aromatic nitrogens is 2. The summed E-state index contributed by atoms with van der Waals surface area (Å²) in [6.45, 7) is 3.51. The Labute approximate surface area is 207 Å². The Balaban J connectivity index is 2.07. The molecule has 3 aromatic rings. The lowest BCUT2D eigenvalue weighted by Gasteiger charge is -2.13. The van der Waals surface area contributed by atoms with E-state index in [0.29, 0.717) is 46.9 Å². The molecule has 0 amide bonds. The van der Waals surface area contributed by atoms with Crippen LogP contribution in [0.4, 0.5) is 13.2 Å². The third-order valence-electron chi connectivity index (χ3n) is 6.04. The zero-order valence-corrected chi connectivity index (χ0v) is 20.3. The summed E-state index contributed by atoms with van der Waals surface area (Å²) < 4.78 is 43.7. The molecule has 0 saturated heterocycles. The molecule has 0 aliphatic rings. The maximum atomic E-state index is 14.1. The van der Waals surface area contributed by atoms with Crippen LogP contribution < -0.4 is 5.69 Å². The minimum Gasteiger partial charge on any atom is -0.478 e. The molecule has 0 fully saturated rings. The number of benzene rings is 2. The molecule has 1 heterocycles. The van der Waals surface area contributed by atoms with Crippen molar-refractivity contribution in [3.63, 3.8) is 0 Å². The van der Waals surface area contributed by atoms with E-state index in [1.165, 1.54) is 6.07 Å². The Hall–Kier alpha value is -3.62. The molecule has 36 heavy (non-hydrogen) atoms. The van der Waals surface area contributed by atoms with Crippen LogP contribution in [0.15, 0.2) is 53.3 Å². The van der Waals surface area contributed by atoms with Crippen LogP contribution in [0.5, 0.6) is 0 Å². The second-order valence-electron chi connectivity index (χ2n) is 8.65. The van der Waals surface area contributed by atoms with Gasteiger partial charge in [0.2, 0.25) is 5.91 Å². The molecule has 0 aliphatic heterocycles. The predicted molar refractivity (Wildman–Crippen MR) is 130 cm³/mol. The number of carbonyl (C=O) groups is 2. The standard InChI is InChI=1S/C27H29F3N2O4/c1-3-5-11-22-24(27(28,29)30)32(23(33)12-6-4-2)26(36)31(22)17-18-13-15-19(16-14-18)20-9-7-8-10-21(20)25(34)35/h7-10,13-16H,3-6,11-12,17H2,1-2H3,(H,34,35). The SMILES string of the molecule is CCCCC(=O)n1c(C(F)(F)F)c(CCCC)n(Cc2ccc(-c3ccccc3C(=O)O)cc2)c1=O. The quantitative estimate of drug-likeness (QED) is 0.355. The van der Waals surface area contributed by atoms with Crippen molar-refractivity contribution in [3.05, 3.63) is 81.5 Å². The molecular formula is C27H29F3N2O4. The van der Waals surface area contributed by atoms with Crippen molar-refractivity contribution < 1.29 is 27.9 Å². The van der Waals surface area contributed by atoms with Gasteiger partial charge in [0.05, 0.1) is 17.8 Å². The number of imidazole rings is 1. The minimum atomic E-state index is -4.86. The molecule has 6 nitrogen and oxygen atoms in total. The van der Waals surface area contributed by atoms with Gasteiger partial charge >= 0.3 is 17.8 Å². The van der Waals surface area contributed by atoms with Crippen molar-refractivity contribution in [2.75, 3.05) is 0 Å². The van der Waals surface area contributed by atoms with Gasteiger partial charge in [0.25, 0.3) is 0 Å². The number of nitrogens with zero attached hydrogens (tertiary/aromatic N) is 2.